The van der Waals surface area contributed by atoms with E-state index < -0.39 is 0 Å². The average molecular weight is 317 g/mol. The maximum Gasteiger partial charge on any atom is 0.407 e. The molecule has 0 aromatic heterocycles. The molecule has 0 spiro atoms. The van der Waals surface area contributed by atoms with Gasteiger partial charge in [0.15, 0.2) is 0 Å². The van der Waals surface area contributed by atoms with E-state index in [1.165, 1.54) is 7.11 Å². The number of carbonyl (C=O) groups is 2. The van der Waals surface area contributed by atoms with Gasteiger partial charge in [0.05, 0.1) is 12.7 Å². The smallest absolute Gasteiger partial charge is 0.407 e. The molecule has 1 heterocycles. The molecule has 23 heavy (non-hydrogen) atoms. The Bertz CT molecular complexity index is 578. The molecule has 2 N–H and O–H groups in total. The fourth-order valence-electron chi connectivity index (χ4n) is 2.92. The average Bonchev–Trinajstić information content (AvgIpc) is 3.39. The summed E-state index contributed by atoms with van der Waals surface area (Å²) >= 11 is 0. The maximum absolute atomic E-state index is 12.4. The topological polar surface area (TPSA) is 70.7 Å². The third-order valence-corrected chi connectivity index (χ3v) is 4.40. The number of methoxy groups -OCH3 is 1. The summed E-state index contributed by atoms with van der Waals surface area (Å²) in [5, 5.41) is 5.90. The fraction of sp³-hybridized carbons (Fsp3) is 0.529. The van der Waals surface area contributed by atoms with Crippen molar-refractivity contribution in [1.29, 1.82) is 0 Å². The van der Waals surface area contributed by atoms with Gasteiger partial charge in [-0.2, -0.15) is 0 Å². The van der Waals surface area contributed by atoms with Gasteiger partial charge in [-0.25, -0.2) is 4.79 Å². The summed E-state index contributed by atoms with van der Waals surface area (Å²) in [6, 6.07) is 8.22. The Morgan fingerprint density at radius 3 is 2.35 bits per heavy atom. The van der Waals surface area contributed by atoms with E-state index >= 15 is 0 Å². The molecule has 1 aromatic rings. The van der Waals surface area contributed by atoms with E-state index in [1.807, 2.05) is 24.3 Å². The highest BCUT2D eigenvalue weighted by atomic mass is 16.5. The highest BCUT2D eigenvalue weighted by Gasteiger charge is 2.27. The van der Waals surface area contributed by atoms with Crippen molar-refractivity contribution in [2.45, 2.75) is 37.8 Å². The molecule has 1 aliphatic carbocycles. The van der Waals surface area contributed by atoms with Crippen LogP contribution in [-0.4, -0.2) is 44.3 Å². The summed E-state index contributed by atoms with van der Waals surface area (Å²) in [5.74, 6) is 0.0120. The summed E-state index contributed by atoms with van der Waals surface area (Å²) < 4.78 is 4.64. The molecule has 1 aromatic carbocycles. The number of ether oxygens (including phenoxy) is 1. The molecule has 0 atom stereocenters. The fourth-order valence-corrected chi connectivity index (χ4v) is 2.92. The Morgan fingerprint density at radius 1 is 1.04 bits per heavy atom. The van der Waals surface area contributed by atoms with Crippen molar-refractivity contribution in [2.75, 3.05) is 25.1 Å². The molecule has 2 amide bonds. The normalized spacial score (nSPS) is 18.4. The zero-order chi connectivity index (χ0) is 16.2. The summed E-state index contributed by atoms with van der Waals surface area (Å²) in [5.41, 5.74) is 1.71. The first-order valence-corrected chi connectivity index (χ1v) is 8.16. The first-order chi connectivity index (χ1) is 11.2. The van der Waals surface area contributed by atoms with Gasteiger partial charge in [0.1, 0.15) is 0 Å². The summed E-state index contributed by atoms with van der Waals surface area (Å²) in [7, 11) is 1.37. The third-order valence-electron chi connectivity index (χ3n) is 4.40. The monoisotopic (exact) mass is 317 g/mol. The van der Waals surface area contributed by atoms with Crippen LogP contribution in [0.3, 0.4) is 0 Å². The number of piperidine rings is 1. The lowest BCUT2D eigenvalue weighted by Crippen LogP contribution is -2.45. The molecule has 0 unspecified atom stereocenters. The van der Waals surface area contributed by atoms with Crippen molar-refractivity contribution in [2.24, 2.45) is 0 Å². The highest BCUT2D eigenvalue weighted by molar-refractivity contribution is 6.00. The first-order valence-electron chi connectivity index (χ1n) is 8.16. The van der Waals surface area contributed by atoms with Crippen LogP contribution in [0.15, 0.2) is 24.3 Å². The molecule has 1 saturated carbocycles. The number of para-hydroxylation sites is 1. The number of benzene rings is 1. The minimum absolute atomic E-state index is 0.0120. The molecule has 0 bridgehead atoms. The zero-order valence-corrected chi connectivity index (χ0v) is 13.4. The molecule has 6 heteroatoms. The first kappa shape index (κ1) is 15.6. The Kier molecular flexibility index (Phi) is 4.69. The Labute approximate surface area is 136 Å². The van der Waals surface area contributed by atoms with E-state index in [4.69, 9.17) is 0 Å². The predicted octanol–water partition coefficient (Wildman–Crippen LogP) is 1.90. The van der Waals surface area contributed by atoms with Crippen molar-refractivity contribution < 1.29 is 14.3 Å². The number of carbonyl (C=O) groups excluding carboxylic acids is 2. The van der Waals surface area contributed by atoms with Crippen LogP contribution < -0.4 is 15.5 Å². The van der Waals surface area contributed by atoms with E-state index in [0.717, 1.165) is 50.0 Å². The second kappa shape index (κ2) is 6.89. The molecular weight excluding hydrogens is 294 g/mol. The van der Waals surface area contributed by atoms with Crippen LogP contribution in [0.2, 0.25) is 0 Å². The Morgan fingerprint density at radius 2 is 1.70 bits per heavy atom. The number of nitrogens with zero attached hydrogens (tertiary/aromatic N) is 1. The molecule has 1 saturated heterocycles. The Hall–Kier alpha value is -2.24. The van der Waals surface area contributed by atoms with E-state index in [0.29, 0.717) is 6.04 Å². The number of rotatable bonds is 4. The van der Waals surface area contributed by atoms with Crippen LogP contribution in [0.5, 0.6) is 0 Å². The molecular formula is C17H23N3O3. The van der Waals surface area contributed by atoms with Crippen LogP contribution in [0.1, 0.15) is 36.0 Å². The molecule has 2 aliphatic rings. The third kappa shape index (κ3) is 3.94. The number of hydrogen-bond donors (Lipinski definition) is 2. The van der Waals surface area contributed by atoms with E-state index in [1.54, 1.807) is 0 Å². The summed E-state index contributed by atoms with van der Waals surface area (Å²) in [6.07, 6.45) is 3.46. The van der Waals surface area contributed by atoms with Gasteiger partial charge in [-0.05, 0) is 37.8 Å². The standard InChI is InChI=1S/C17H23N3O3/c1-23-17(22)19-13-8-10-20(11-9-13)15-5-3-2-4-14(15)16(21)18-12-6-7-12/h2-5,12-13H,6-11H2,1H3,(H,18,21)(H,19,22). The number of alkyl carbamates (subject to hydrolysis) is 1. The van der Waals surface area contributed by atoms with Gasteiger partial charge < -0.3 is 20.3 Å². The minimum Gasteiger partial charge on any atom is -0.453 e. The van der Waals surface area contributed by atoms with E-state index in [-0.39, 0.29) is 18.0 Å². The van der Waals surface area contributed by atoms with Crippen LogP contribution >= 0.6 is 0 Å². The Balaban J connectivity index is 1.63. The van der Waals surface area contributed by atoms with Crippen LogP contribution in [0.25, 0.3) is 0 Å². The number of nitrogens with one attached hydrogen (secondary N) is 2. The van der Waals surface area contributed by atoms with Crippen molar-refractivity contribution >= 4 is 17.7 Å². The second-order valence-electron chi connectivity index (χ2n) is 6.16. The van der Waals surface area contributed by atoms with Gasteiger partial charge in [-0.15, -0.1) is 0 Å². The largest absolute Gasteiger partial charge is 0.453 e. The van der Waals surface area contributed by atoms with Crippen molar-refractivity contribution in [3.05, 3.63) is 29.8 Å². The highest BCUT2D eigenvalue weighted by Crippen LogP contribution is 2.26. The van der Waals surface area contributed by atoms with Gasteiger partial charge in [0.25, 0.3) is 5.91 Å². The molecule has 124 valence electrons. The number of amides is 2. The molecule has 2 fully saturated rings. The molecule has 3 rings (SSSR count). The van der Waals surface area contributed by atoms with Crippen LogP contribution in [-0.2, 0) is 4.74 Å². The van der Waals surface area contributed by atoms with Gasteiger partial charge in [0, 0.05) is 30.9 Å². The van der Waals surface area contributed by atoms with Crippen molar-refractivity contribution in [3.8, 4) is 0 Å². The summed E-state index contributed by atoms with van der Waals surface area (Å²) in [4.78, 5) is 25.9. The second-order valence-corrected chi connectivity index (χ2v) is 6.16. The SMILES string of the molecule is COC(=O)NC1CCN(c2ccccc2C(=O)NC2CC2)CC1. The maximum atomic E-state index is 12.4. The van der Waals surface area contributed by atoms with Gasteiger partial charge >= 0.3 is 6.09 Å². The quantitative estimate of drug-likeness (QED) is 0.890. The van der Waals surface area contributed by atoms with Gasteiger partial charge in [-0.1, -0.05) is 12.1 Å². The lowest BCUT2D eigenvalue weighted by molar-refractivity contribution is 0.0951. The van der Waals surface area contributed by atoms with Crippen molar-refractivity contribution in [3.63, 3.8) is 0 Å². The van der Waals surface area contributed by atoms with Crippen molar-refractivity contribution in [1.82, 2.24) is 10.6 Å². The minimum atomic E-state index is -0.382. The predicted molar refractivity (Wildman–Crippen MR) is 87.7 cm³/mol. The van der Waals surface area contributed by atoms with Crippen LogP contribution in [0, 0.1) is 0 Å². The molecule has 1 aliphatic heterocycles. The van der Waals surface area contributed by atoms with Gasteiger partial charge in [0.2, 0.25) is 0 Å². The number of anilines is 1. The van der Waals surface area contributed by atoms with Crippen LogP contribution in [0.4, 0.5) is 10.5 Å². The zero-order valence-electron chi connectivity index (χ0n) is 13.4. The van der Waals surface area contributed by atoms with Gasteiger partial charge in [-0.3, -0.25) is 4.79 Å². The lowest BCUT2D eigenvalue weighted by Gasteiger charge is -2.34. The lowest BCUT2D eigenvalue weighted by atomic mass is 10.0. The molecule has 6 nitrogen and oxygen atoms in total. The van der Waals surface area contributed by atoms with E-state index in [2.05, 4.69) is 20.3 Å². The summed E-state index contributed by atoms with van der Waals surface area (Å²) in [6.45, 7) is 1.62. The van der Waals surface area contributed by atoms with E-state index in [9.17, 15) is 9.59 Å². The number of hydrogen-bond acceptors (Lipinski definition) is 4. The molecule has 0 radical (unpaired) electrons.